The van der Waals surface area contributed by atoms with Crippen LogP contribution in [0.5, 0.6) is 0 Å². The number of carbonyl (C=O) groups excluding carboxylic acids is 2. The molecule has 2 atom stereocenters. The summed E-state index contributed by atoms with van der Waals surface area (Å²) < 4.78 is 10.1. The molecule has 1 fully saturated rings. The molecule has 5 nitrogen and oxygen atoms in total. The van der Waals surface area contributed by atoms with Gasteiger partial charge in [0.25, 0.3) is 0 Å². The predicted octanol–water partition coefficient (Wildman–Crippen LogP) is 2.52. The summed E-state index contributed by atoms with van der Waals surface area (Å²) in [5.41, 5.74) is -0.376. The second kappa shape index (κ2) is 5.00. The minimum Gasteiger partial charge on any atom is -0.439 e. The van der Waals surface area contributed by atoms with Crippen molar-refractivity contribution >= 4 is 12.1 Å². The Bertz CT molecular complexity index is 356. The van der Waals surface area contributed by atoms with E-state index in [1.54, 1.807) is 0 Å². The molecule has 1 rings (SSSR count). The summed E-state index contributed by atoms with van der Waals surface area (Å²) >= 11 is 0. The highest BCUT2D eigenvalue weighted by atomic mass is 16.6. The second-order valence-corrected chi connectivity index (χ2v) is 5.80. The van der Waals surface area contributed by atoms with Crippen LogP contribution in [0.25, 0.3) is 0 Å². The molecule has 0 unspecified atom stereocenters. The van der Waals surface area contributed by atoms with Gasteiger partial charge in [-0.1, -0.05) is 41.2 Å². The fourth-order valence-electron chi connectivity index (χ4n) is 2.02. The maximum Gasteiger partial charge on any atom is 0.418 e. The van der Waals surface area contributed by atoms with E-state index in [1.807, 2.05) is 34.6 Å². The van der Waals surface area contributed by atoms with E-state index in [2.05, 4.69) is 6.58 Å². The minimum atomic E-state index is -0.621. The van der Waals surface area contributed by atoms with Gasteiger partial charge in [0.1, 0.15) is 6.04 Å². The Morgan fingerprint density at radius 3 is 2.44 bits per heavy atom. The first-order valence-corrected chi connectivity index (χ1v) is 6.00. The number of cyclic esters (lactones) is 1. The van der Waals surface area contributed by atoms with E-state index in [0.717, 1.165) is 6.26 Å². The summed E-state index contributed by atoms with van der Waals surface area (Å²) in [7, 11) is 0. The van der Waals surface area contributed by atoms with Gasteiger partial charge in [0.2, 0.25) is 0 Å². The lowest BCUT2D eigenvalue weighted by Gasteiger charge is -2.33. The fourth-order valence-corrected chi connectivity index (χ4v) is 2.02. The standard InChI is InChI=1S/C13H21NO4/c1-7-17-12(16)14-9(8(2)3)10(15)18-11(14)13(4,5)6/h7-9,11H,1H2,2-6H3/t9-,11-/m1/s1. The van der Waals surface area contributed by atoms with Crippen molar-refractivity contribution in [2.45, 2.75) is 46.9 Å². The highest BCUT2D eigenvalue weighted by molar-refractivity contribution is 5.85. The van der Waals surface area contributed by atoms with Crippen LogP contribution in [0.4, 0.5) is 4.79 Å². The van der Waals surface area contributed by atoms with E-state index in [-0.39, 0.29) is 17.3 Å². The average molecular weight is 255 g/mol. The number of hydrogen-bond donors (Lipinski definition) is 0. The molecule has 0 aromatic carbocycles. The van der Waals surface area contributed by atoms with Crippen molar-refractivity contribution in [1.29, 1.82) is 0 Å². The normalized spacial score (nSPS) is 24.1. The molecule has 0 aromatic heterocycles. The van der Waals surface area contributed by atoms with Crippen molar-refractivity contribution in [3.63, 3.8) is 0 Å². The Hall–Kier alpha value is -1.52. The predicted molar refractivity (Wildman–Crippen MR) is 66.5 cm³/mol. The van der Waals surface area contributed by atoms with Crippen molar-refractivity contribution in [1.82, 2.24) is 4.90 Å². The molecule has 1 heterocycles. The molecule has 1 aliphatic heterocycles. The summed E-state index contributed by atoms with van der Waals surface area (Å²) in [6, 6.07) is -0.610. The summed E-state index contributed by atoms with van der Waals surface area (Å²) in [6.07, 6.45) is -0.165. The minimum absolute atomic E-state index is 0.0396. The molecule has 102 valence electrons. The summed E-state index contributed by atoms with van der Waals surface area (Å²) in [5.74, 6) is -0.423. The molecule has 0 saturated carbocycles. The van der Waals surface area contributed by atoms with Gasteiger partial charge in [-0.25, -0.2) is 9.59 Å². The van der Waals surface area contributed by atoms with Gasteiger partial charge < -0.3 is 9.47 Å². The molecule has 0 radical (unpaired) electrons. The van der Waals surface area contributed by atoms with E-state index in [1.165, 1.54) is 4.90 Å². The largest absolute Gasteiger partial charge is 0.439 e. The number of carbonyl (C=O) groups is 2. The topological polar surface area (TPSA) is 55.8 Å². The fraction of sp³-hybridized carbons (Fsp3) is 0.692. The Morgan fingerprint density at radius 2 is 2.06 bits per heavy atom. The van der Waals surface area contributed by atoms with Crippen LogP contribution in [0.3, 0.4) is 0 Å². The first-order chi connectivity index (χ1) is 8.20. The maximum atomic E-state index is 12.0. The second-order valence-electron chi connectivity index (χ2n) is 5.80. The molecule has 0 aromatic rings. The Labute approximate surface area is 108 Å². The van der Waals surface area contributed by atoms with Crippen LogP contribution in [-0.4, -0.2) is 29.2 Å². The molecular formula is C13H21NO4. The highest BCUT2D eigenvalue weighted by Gasteiger charge is 2.51. The Balaban J connectivity index is 3.10. The number of ether oxygens (including phenoxy) is 2. The van der Waals surface area contributed by atoms with Crippen LogP contribution in [0, 0.1) is 11.3 Å². The molecule has 1 aliphatic rings. The van der Waals surface area contributed by atoms with Crippen LogP contribution < -0.4 is 0 Å². The third-order valence-electron chi connectivity index (χ3n) is 2.79. The maximum absolute atomic E-state index is 12.0. The lowest BCUT2D eigenvalue weighted by atomic mass is 9.92. The van der Waals surface area contributed by atoms with Gasteiger partial charge in [-0.3, -0.25) is 4.90 Å². The first kappa shape index (κ1) is 14.5. The average Bonchev–Trinajstić information content (AvgIpc) is 2.55. The molecule has 1 amide bonds. The van der Waals surface area contributed by atoms with Crippen molar-refractivity contribution in [2.24, 2.45) is 11.3 Å². The van der Waals surface area contributed by atoms with Crippen LogP contribution in [-0.2, 0) is 14.3 Å². The molecular weight excluding hydrogens is 234 g/mol. The van der Waals surface area contributed by atoms with Gasteiger partial charge in [0.15, 0.2) is 6.23 Å². The van der Waals surface area contributed by atoms with E-state index in [9.17, 15) is 9.59 Å². The number of rotatable bonds is 2. The van der Waals surface area contributed by atoms with Crippen molar-refractivity contribution in [3.8, 4) is 0 Å². The molecule has 1 saturated heterocycles. The number of amides is 1. The first-order valence-electron chi connectivity index (χ1n) is 6.00. The summed E-state index contributed by atoms with van der Waals surface area (Å²) in [6.45, 7) is 12.8. The van der Waals surface area contributed by atoms with Gasteiger partial charge in [0.05, 0.1) is 6.26 Å². The number of esters is 1. The van der Waals surface area contributed by atoms with Gasteiger partial charge in [-0.05, 0) is 5.92 Å². The monoisotopic (exact) mass is 255 g/mol. The lowest BCUT2D eigenvalue weighted by molar-refractivity contribution is -0.147. The Kier molecular flexibility index (Phi) is 4.04. The van der Waals surface area contributed by atoms with Gasteiger partial charge in [0, 0.05) is 5.41 Å². The number of hydrogen-bond acceptors (Lipinski definition) is 4. The molecule has 0 bridgehead atoms. The van der Waals surface area contributed by atoms with E-state index < -0.39 is 18.4 Å². The van der Waals surface area contributed by atoms with Crippen LogP contribution in [0.1, 0.15) is 34.6 Å². The van der Waals surface area contributed by atoms with E-state index in [0.29, 0.717) is 0 Å². The highest BCUT2D eigenvalue weighted by Crippen LogP contribution is 2.35. The van der Waals surface area contributed by atoms with Gasteiger partial charge >= 0.3 is 12.1 Å². The van der Waals surface area contributed by atoms with Crippen molar-refractivity contribution in [2.75, 3.05) is 0 Å². The van der Waals surface area contributed by atoms with Crippen molar-refractivity contribution in [3.05, 3.63) is 12.8 Å². The summed E-state index contributed by atoms with van der Waals surface area (Å²) in [4.78, 5) is 25.2. The smallest absolute Gasteiger partial charge is 0.418 e. The van der Waals surface area contributed by atoms with Crippen LogP contribution in [0.15, 0.2) is 12.8 Å². The zero-order chi connectivity index (χ0) is 14.1. The zero-order valence-electron chi connectivity index (χ0n) is 11.6. The van der Waals surface area contributed by atoms with Gasteiger partial charge in [-0.2, -0.15) is 0 Å². The number of nitrogens with zero attached hydrogens (tertiary/aromatic N) is 1. The molecule has 0 aliphatic carbocycles. The van der Waals surface area contributed by atoms with Crippen LogP contribution >= 0.6 is 0 Å². The zero-order valence-corrected chi connectivity index (χ0v) is 11.6. The molecule has 5 heteroatoms. The molecule has 0 spiro atoms. The van der Waals surface area contributed by atoms with E-state index >= 15 is 0 Å². The van der Waals surface area contributed by atoms with Crippen molar-refractivity contribution < 1.29 is 19.1 Å². The third kappa shape index (κ3) is 2.66. The lowest BCUT2D eigenvalue weighted by Crippen LogP contribution is -2.49. The SMILES string of the molecule is C=COC(=O)N1[C@H](C(C)C)C(=O)O[C@@H]1C(C)(C)C. The van der Waals surface area contributed by atoms with Crippen LogP contribution in [0.2, 0.25) is 0 Å². The molecule has 18 heavy (non-hydrogen) atoms. The Morgan fingerprint density at radius 1 is 1.50 bits per heavy atom. The quantitative estimate of drug-likeness (QED) is 0.562. The summed E-state index contributed by atoms with van der Waals surface area (Å²) in [5, 5.41) is 0. The van der Waals surface area contributed by atoms with E-state index in [4.69, 9.17) is 9.47 Å². The van der Waals surface area contributed by atoms with Gasteiger partial charge in [-0.15, -0.1) is 0 Å². The third-order valence-corrected chi connectivity index (χ3v) is 2.79. The molecule has 0 N–H and O–H groups in total.